The number of fused-ring (bicyclic) bond motifs is 2. The molecule has 0 N–H and O–H groups in total. The Kier molecular flexibility index (Phi) is 2.77. The van der Waals surface area contributed by atoms with Crippen LogP contribution in [-0.2, 0) is 14.3 Å². The molecule has 0 aliphatic heterocycles. The number of carbonyl (C=O) groups is 1. The predicted octanol–water partition coefficient (Wildman–Crippen LogP) is 2.39. The van der Waals surface area contributed by atoms with Crippen molar-refractivity contribution in [1.29, 1.82) is 0 Å². The molecule has 2 rings (SSSR count). The SMILES string of the molecule is COC(=O)COC1CC2CCC1(C)C2(C)C. The first-order valence-electron chi connectivity index (χ1n) is 6.10. The van der Waals surface area contributed by atoms with E-state index in [-0.39, 0.29) is 24.1 Å². The summed E-state index contributed by atoms with van der Waals surface area (Å²) in [6.45, 7) is 7.08. The minimum atomic E-state index is -0.274. The Hall–Kier alpha value is -0.570. The van der Waals surface area contributed by atoms with Gasteiger partial charge in [-0.15, -0.1) is 0 Å². The maximum atomic E-state index is 11.1. The van der Waals surface area contributed by atoms with Gasteiger partial charge in [0, 0.05) is 0 Å². The molecule has 0 aromatic rings. The molecular weight excluding hydrogens is 204 g/mol. The second kappa shape index (κ2) is 3.73. The van der Waals surface area contributed by atoms with E-state index in [0.717, 1.165) is 12.3 Å². The zero-order valence-electron chi connectivity index (χ0n) is 10.7. The largest absolute Gasteiger partial charge is 0.467 e. The highest BCUT2D eigenvalue weighted by Crippen LogP contribution is 2.66. The monoisotopic (exact) mass is 226 g/mol. The Morgan fingerprint density at radius 3 is 2.50 bits per heavy atom. The summed E-state index contributed by atoms with van der Waals surface area (Å²) in [5.41, 5.74) is 0.569. The summed E-state index contributed by atoms with van der Waals surface area (Å²) in [5.74, 6) is 0.476. The second-order valence-corrected chi connectivity index (χ2v) is 5.99. The first kappa shape index (κ1) is 11.9. The lowest BCUT2D eigenvalue weighted by Gasteiger charge is -2.38. The minimum absolute atomic E-state index is 0.0968. The molecule has 3 atom stereocenters. The highest BCUT2D eigenvalue weighted by Gasteiger charge is 2.61. The van der Waals surface area contributed by atoms with Gasteiger partial charge in [-0.25, -0.2) is 4.79 Å². The van der Waals surface area contributed by atoms with Crippen molar-refractivity contribution in [3.8, 4) is 0 Å². The normalized spacial score (nSPS) is 40.0. The highest BCUT2D eigenvalue weighted by atomic mass is 16.6. The lowest BCUT2D eigenvalue weighted by molar-refractivity contribution is -0.151. The average molecular weight is 226 g/mol. The van der Waals surface area contributed by atoms with Crippen molar-refractivity contribution in [3.63, 3.8) is 0 Å². The molecule has 0 radical (unpaired) electrons. The van der Waals surface area contributed by atoms with Gasteiger partial charge in [-0.1, -0.05) is 20.8 Å². The van der Waals surface area contributed by atoms with Crippen LogP contribution in [0.2, 0.25) is 0 Å². The quantitative estimate of drug-likeness (QED) is 0.693. The molecule has 92 valence electrons. The number of rotatable bonds is 3. The molecule has 3 heteroatoms. The first-order chi connectivity index (χ1) is 7.41. The number of ether oxygens (including phenoxy) is 2. The number of hydrogen-bond acceptors (Lipinski definition) is 3. The molecule has 0 spiro atoms. The van der Waals surface area contributed by atoms with E-state index in [1.807, 2.05) is 0 Å². The molecule has 16 heavy (non-hydrogen) atoms. The topological polar surface area (TPSA) is 35.5 Å². The van der Waals surface area contributed by atoms with E-state index >= 15 is 0 Å². The summed E-state index contributed by atoms with van der Waals surface area (Å²) in [4.78, 5) is 11.1. The van der Waals surface area contributed by atoms with E-state index in [2.05, 4.69) is 25.5 Å². The lowest BCUT2D eigenvalue weighted by Crippen LogP contribution is -2.38. The molecular formula is C13H22O3. The summed E-state index contributed by atoms with van der Waals surface area (Å²) in [5, 5.41) is 0. The Morgan fingerprint density at radius 2 is 2.06 bits per heavy atom. The fraction of sp³-hybridized carbons (Fsp3) is 0.923. The van der Waals surface area contributed by atoms with E-state index < -0.39 is 0 Å². The molecule has 0 aromatic carbocycles. The maximum Gasteiger partial charge on any atom is 0.331 e. The van der Waals surface area contributed by atoms with E-state index in [9.17, 15) is 4.79 Å². The van der Waals surface area contributed by atoms with E-state index in [1.165, 1.54) is 20.0 Å². The average Bonchev–Trinajstić information content (AvgIpc) is 2.58. The van der Waals surface area contributed by atoms with Gasteiger partial charge in [-0.2, -0.15) is 0 Å². The molecule has 2 aliphatic carbocycles. The summed E-state index contributed by atoms with van der Waals surface area (Å²) in [6, 6.07) is 0. The second-order valence-electron chi connectivity index (χ2n) is 5.99. The first-order valence-corrected chi connectivity index (χ1v) is 6.10. The van der Waals surface area contributed by atoms with Gasteiger partial charge in [0.15, 0.2) is 0 Å². The molecule has 3 unspecified atom stereocenters. The van der Waals surface area contributed by atoms with Crippen molar-refractivity contribution in [3.05, 3.63) is 0 Å². The van der Waals surface area contributed by atoms with Crippen LogP contribution in [0.25, 0.3) is 0 Å². The Bertz CT molecular complexity index is 298. The van der Waals surface area contributed by atoms with Crippen molar-refractivity contribution in [2.75, 3.05) is 13.7 Å². The predicted molar refractivity (Wildman–Crippen MR) is 61.0 cm³/mol. The van der Waals surface area contributed by atoms with Crippen LogP contribution in [0.15, 0.2) is 0 Å². The Balaban J connectivity index is 2.02. The fourth-order valence-electron chi connectivity index (χ4n) is 3.61. The molecule has 0 saturated heterocycles. The van der Waals surface area contributed by atoms with Crippen molar-refractivity contribution in [2.45, 2.75) is 46.1 Å². The zero-order chi connectivity index (χ0) is 12.0. The molecule has 3 nitrogen and oxygen atoms in total. The van der Waals surface area contributed by atoms with Crippen LogP contribution in [0.4, 0.5) is 0 Å². The lowest BCUT2D eigenvalue weighted by atomic mass is 9.70. The third kappa shape index (κ3) is 1.48. The van der Waals surface area contributed by atoms with Crippen molar-refractivity contribution >= 4 is 5.97 Å². The number of carbonyl (C=O) groups excluding carboxylic acids is 1. The van der Waals surface area contributed by atoms with E-state index in [4.69, 9.17) is 4.74 Å². The number of methoxy groups -OCH3 is 1. The van der Waals surface area contributed by atoms with Crippen LogP contribution in [-0.4, -0.2) is 25.8 Å². The van der Waals surface area contributed by atoms with Crippen molar-refractivity contribution in [1.82, 2.24) is 0 Å². The van der Waals surface area contributed by atoms with Crippen LogP contribution >= 0.6 is 0 Å². The number of esters is 1. The Morgan fingerprint density at radius 1 is 1.38 bits per heavy atom. The summed E-state index contributed by atoms with van der Waals surface area (Å²) in [7, 11) is 1.40. The van der Waals surface area contributed by atoms with Crippen LogP contribution in [0.3, 0.4) is 0 Å². The molecule has 2 fully saturated rings. The van der Waals surface area contributed by atoms with Gasteiger partial charge in [0.2, 0.25) is 0 Å². The van der Waals surface area contributed by atoms with Gasteiger partial charge < -0.3 is 9.47 Å². The van der Waals surface area contributed by atoms with Crippen molar-refractivity contribution in [2.24, 2.45) is 16.7 Å². The maximum absolute atomic E-state index is 11.1. The van der Waals surface area contributed by atoms with Crippen molar-refractivity contribution < 1.29 is 14.3 Å². The van der Waals surface area contributed by atoms with E-state index in [1.54, 1.807) is 0 Å². The zero-order valence-corrected chi connectivity index (χ0v) is 10.7. The van der Waals surface area contributed by atoms with Gasteiger partial charge in [-0.05, 0) is 36.0 Å². The Labute approximate surface area is 97.5 Å². The summed E-state index contributed by atoms with van der Waals surface area (Å²) < 4.78 is 10.4. The summed E-state index contributed by atoms with van der Waals surface area (Å²) >= 11 is 0. The van der Waals surface area contributed by atoms with Crippen LogP contribution in [0.1, 0.15) is 40.0 Å². The molecule has 2 bridgehead atoms. The van der Waals surface area contributed by atoms with Gasteiger partial charge in [0.05, 0.1) is 13.2 Å². The third-order valence-corrected chi connectivity index (χ3v) is 5.34. The minimum Gasteiger partial charge on any atom is -0.467 e. The van der Waals surface area contributed by atoms with Crippen LogP contribution in [0, 0.1) is 16.7 Å². The van der Waals surface area contributed by atoms with Crippen LogP contribution < -0.4 is 0 Å². The standard InChI is InChI=1S/C13H22O3/c1-12(2)9-5-6-13(12,3)10(7-9)16-8-11(14)15-4/h9-10H,5-8H2,1-4H3. The van der Waals surface area contributed by atoms with Gasteiger partial charge in [-0.3, -0.25) is 0 Å². The van der Waals surface area contributed by atoms with Crippen LogP contribution in [0.5, 0.6) is 0 Å². The van der Waals surface area contributed by atoms with Gasteiger partial charge in [0.1, 0.15) is 6.61 Å². The molecule has 2 aliphatic rings. The molecule has 0 aromatic heterocycles. The molecule has 2 saturated carbocycles. The van der Waals surface area contributed by atoms with Gasteiger partial charge >= 0.3 is 5.97 Å². The molecule has 0 amide bonds. The molecule has 0 heterocycles. The summed E-state index contributed by atoms with van der Waals surface area (Å²) in [6.07, 6.45) is 3.85. The van der Waals surface area contributed by atoms with Gasteiger partial charge in [0.25, 0.3) is 0 Å². The number of hydrogen-bond donors (Lipinski definition) is 0. The van der Waals surface area contributed by atoms with E-state index in [0.29, 0.717) is 5.41 Å². The highest BCUT2D eigenvalue weighted by molar-refractivity contribution is 5.70. The smallest absolute Gasteiger partial charge is 0.331 e. The fourth-order valence-corrected chi connectivity index (χ4v) is 3.61. The third-order valence-electron chi connectivity index (χ3n) is 5.34.